The van der Waals surface area contributed by atoms with Crippen molar-refractivity contribution in [1.82, 2.24) is 0 Å². The Bertz CT molecular complexity index is 389. The van der Waals surface area contributed by atoms with Crippen molar-refractivity contribution in [1.29, 1.82) is 0 Å². The van der Waals surface area contributed by atoms with Gasteiger partial charge in [-0.25, -0.2) is 0 Å². The summed E-state index contributed by atoms with van der Waals surface area (Å²) in [6, 6.07) is 6.91. The summed E-state index contributed by atoms with van der Waals surface area (Å²) in [7, 11) is 0. The maximum atomic E-state index is 11.5. The van der Waals surface area contributed by atoms with Crippen LogP contribution in [0.2, 0.25) is 0 Å². The summed E-state index contributed by atoms with van der Waals surface area (Å²) >= 11 is 0. The predicted molar refractivity (Wildman–Crippen MR) is 102 cm³/mol. The highest BCUT2D eigenvalue weighted by Crippen LogP contribution is 2.25. The highest BCUT2D eigenvalue weighted by molar-refractivity contribution is 5.37. The third-order valence-corrected chi connectivity index (χ3v) is 4.60. The standard InChI is InChI=1S/C22H37O2/c1-2-3-4-5-6-7-8-9-10-11-12-13-14-17-20-24-22-19-16-15-18-21(22)23/h15-16,18-19H,2-14,17,20H2,1H3. The largest absolute Gasteiger partial charge is 0.489 e. The van der Waals surface area contributed by atoms with Crippen LogP contribution in [0, 0.1) is 0 Å². The van der Waals surface area contributed by atoms with Crippen LogP contribution < -0.4 is 4.74 Å². The Morgan fingerprint density at radius 2 is 1.12 bits per heavy atom. The van der Waals surface area contributed by atoms with E-state index in [0.29, 0.717) is 12.4 Å². The molecular weight excluding hydrogens is 296 g/mol. The lowest BCUT2D eigenvalue weighted by Gasteiger charge is -2.06. The molecule has 0 heterocycles. The van der Waals surface area contributed by atoms with E-state index in [0.717, 1.165) is 6.42 Å². The number of ether oxygens (including phenoxy) is 1. The second-order valence-corrected chi connectivity index (χ2v) is 6.89. The maximum Gasteiger partial charge on any atom is 0.220 e. The van der Waals surface area contributed by atoms with Crippen molar-refractivity contribution in [3.8, 4) is 11.5 Å². The van der Waals surface area contributed by atoms with Crippen LogP contribution in [0.25, 0.3) is 0 Å². The Labute approximate surface area is 149 Å². The van der Waals surface area contributed by atoms with Gasteiger partial charge in [0.15, 0.2) is 5.75 Å². The molecule has 2 nitrogen and oxygen atoms in total. The second-order valence-electron chi connectivity index (χ2n) is 6.89. The van der Waals surface area contributed by atoms with E-state index in [4.69, 9.17) is 4.74 Å². The van der Waals surface area contributed by atoms with Crippen molar-refractivity contribution in [3.05, 3.63) is 24.3 Å². The van der Waals surface area contributed by atoms with Gasteiger partial charge in [0.2, 0.25) is 5.75 Å². The van der Waals surface area contributed by atoms with E-state index in [-0.39, 0.29) is 5.75 Å². The molecule has 24 heavy (non-hydrogen) atoms. The molecule has 0 aromatic heterocycles. The fraction of sp³-hybridized carbons (Fsp3) is 0.727. The molecule has 1 radical (unpaired) electrons. The minimum absolute atomic E-state index is 0.0112. The molecule has 0 atom stereocenters. The van der Waals surface area contributed by atoms with E-state index in [1.54, 1.807) is 18.2 Å². The van der Waals surface area contributed by atoms with Crippen LogP contribution in [0.15, 0.2) is 24.3 Å². The van der Waals surface area contributed by atoms with Crippen LogP contribution >= 0.6 is 0 Å². The molecular formula is C22H37O2. The fourth-order valence-corrected chi connectivity index (χ4v) is 3.05. The minimum atomic E-state index is -0.0112. The SMILES string of the molecule is CCCCCCCCCCCCCCCCOc1ccccc1[O]. The normalized spacial score (nSPS) is 10.9. The van der Waals surface area contributed by atoms with Crippen LogP contribution in [0.4, 0.5) is 0 Å². The first kappa shape index (κ1) is 20.9. The Morgan fingerprint density at radius 1 is 0.667 bits per heavy atom. The number of unbranched alkanes of at least 4 members (excludes halogenated alkanes) is 13. The summed E-state index contributed by atoms with van der Waals surface area (Å²) in [5.41, 5.74) is 0. The lowest BCUT2D eigenvalue weighted by molar-refractivity contribution is 0.269. The highest BCUT2D eigenvalue weighted by atomic mass is 16.5. The minimum Gasteiger partial charge on any atom is -0.489 e. The molecule has 0 aliphatic rings. The molecule has 0 unspecified atom stereocenters. The van der Waals surface area contributed by atoms with Crippen LogP contribution in [0.3, 0.4) is 0 Å². The second kappa shape index (κ2) is 15.4. The molecule has 0 fully saturated rings. The van der Waals surface area contributed by atoms with Gasteiger partial charge in [0, 0.05) is 0 Å². The van der Waals surface area contributed by atoms with Gasteiger partial charge in [0.25, 0.3) is 0 Å². The van der Waals surface area contributed by atoms with Crippen molar-refractivity contribution in [2.24, 2.45) is 0 Å². The fourth-order valence-electron chi connectivity index (χ4n) is 3.05. The Balaban J connectivity index is 1.77. The zero-order chi connectivity index (χ0) is 17.3. The predicted octanol–water partition coefficient (Wildman–Crippen LogP) is 7.69. The van der Waals surface area contributed by atoms with Crippen LogP contribution in [0.5, 0.6) is 11.5 Å². The molecule has 0 saturated heterocycles. The Morgan fingerprint density at radius 3 is 1.62 bits per heavy atom. The lowest BCUT2D eigenvalue weighted by Crippen LogP contribution is -1.97. The molecule has 2 heteroatoms. The number of benzene rings is 1. The van der Waals surface area contributed by atoms with Gasteiger partial charge >= 0.3 is 0 Å². The molecule has 0 saturated carbocycles. The molecule has 0 aliphatic carbocycles. The van der Waals surface area contributed by atoms with Crippen molar-refractivity contribution >= 4 is 0 Å². The van der Waals surface area contributed by atoms with E-state index in [1.807, 2.05) is 6.07 Å². The highest BCUT2D eigenvalue weighted by Gasteiger charge is 2.01. The number of para-hydroxylation sites is 2. The van der Waals surface area contributed by atoms with Crippen LogP contribution in [0.1, 0.15) is 96.8 Å². The molecule has 0 amide bonds. The van der Waals surface area contributed by atoms with Crippen molar-refractivity contribution < 1.29 is 9.84 Å². The van der Waals surface area contributed by atoms with E-state index in [2.05, 4.69) is 6.92 Å². The quantitative estimate of drug-likeness (QED) is 0.285. The summed E-state index contributed by atoms with van der Waals surface area (Å²) in [5, 5.41) is 11.5. The van der Waals surface area contributed by atoms with Gasteiger partial charge in [-0.3, -0.25) is 5.11 Å². The molecule has 0 N–H and O–H groups in total. The first-order chi connectivity index (χ1) is 11.8. The topological polar surface area (TPSA) is 29.1 Å². The van der Waals surface area contributed by atoms with Crippen LogP contribution in [-0.2, 0) is 5.11 Å². The molecule has 1 aromatic carbocycles. The van der Waals surface area contributed by atoms with Gasteiger partial charge in [0.1, 0.15) is 0 Å². The van der Waals surface area contributed by atoms with Gasteiger partial charge in [-0.2, -0.15) is 0 Å². The number of rotatable bonds is 16. The Hall–Kier alpha value is -1.18. The molecule has 0 spiro atoms. The Kier molecular flexibility index (Phi) is 13.3. The summed E-state index contributed by atoms with van der Waals surface area (Å²) in [6.45, 7) is 2.94. The van der Waals surface area contributed by atoms with Gasteiger partial charge < -0.3 is 4.74 Å². The first-order valence-electron chi connectivity index (χ1n) is 10.2. The van der Waals surface area contributed by atoms with Gasteiger partial charge in [-0.05, 0) is 18.6 Å². The molecule has 137 valence electrons. The monoisotopic (exact) mass is 333 g/mol. The zero-order valence-corrected chi connectivity index (χ0v) is 15.7. The van der Waals surface area contributed by atoms with E-state index in [1.165, 1.54) is 83.5 Å². The molecule has 0 aliphatic heterocycles. The average molecular weight is 334 g/mol. The van der Waals surface area contributed by atoms with Gasteiger partial charge in [0.05, 0.1) is 6.61 Å². The van der Waals surface area contributed by atoms with E-state index in [9.17, 15) is 5.11 Å². The average Bonchev–Trinajstić information content (AvgIpc) is 2.60. The van der Waals surface area contributed by atoms with Crippen molar-refractivity contribution in [2.75, 3.05) is 6.61 Å². The van der Waals surface area contributed by atoms with Gasteiger partial charge in [-0.15, -0.1) is 0 Å². The molecule has 1 aromatic rings. The van der Waals surface area contributed by atoms with E-state index < -0.39 is 0 Å². The molecule has 0 bridgehead atoms. The third kappa shape index (κ3) is 11.4. The van der Waals surface area contributed by atoms with Gasteiger partial charge in [-0.1, -0.05) is 103 Å². The number of hydrogen-bond acceptors (Lipinski definition) is 1. The van der Waals surface area contributed by atoms with Crippen molar-refractivity contribution in [3.63, 3.8) is 0 Å². The van der Waals surface area contributed by atoms with Crippen molar-refractivity contribution in [2.45, 2.75) is 96.8 Å². The number of hydrogen-bond donors (Lipinski definition) is 0. The zero-order valence-electron chi connectivity index (χ0n) is 15.7. The smallest absolute Gasteiger partial charge is 0.220 e. The van der Waals surface area contributed by atoms with E-state index >= 15 is 0 Å². The van der Waals surface area contributed by atoms with Crippen LogP contribution in [-0.4, -0.2) is 6.61 Å². The summed E-state index contributed by atoms with van der Waals surface area (Å²) in [5.74, 6) is 0.482. The first-order valence-corrected chi connectivity index (χ1v) is 10.2. The summed E-state index contributed by atoms with van der Waals surface area (Å²) in [6.07, 6.45) is 19.0. The summed E-state index contributed by atoms with van der Waals surface area (Å²) in [4.78, 5) is 0. The lowest BCUT2D eigenvalue weighted by atomic mass is 10.0. The maximum absolute atomic E-state index is 11.5. The molecule has 1 rings (SSSR count). The summed E-state index contributed by atoms with van der Waals surface area (Å²) < 4.78 is 5.53. The third-order valence-electron chi connectivity index (χ3n) is 4.60.